The third-order valence-corrected chi connectivity index (χ3v) is 16.7. The number of aliphatic hydroxyl groups is 1. The van der Waals surface area contributed by atoms with Crippen LogP contribution in [0.25, 0.3) is 0 Å². The SMILES string of the molecule is CC(C)(C)O.COC[C@@H](c1ccc(C(F)(F)F)cc1)N1CCN(C2(C)CCN(C(=O)c3c(C)ncnc3C)CC2)C[C@@H]1C.COC[C@@H](c1ccc(C(F)(F)F)cc1)N1CCN(C2(C)CCN(C(=O)c3c(C)ncnc3C)CC2)C[C@@H]1C. The lowest BCUT2D eigenvalue weighted by Crippen LogP contribution is -2.62. The van der Waals surface area contributed by atoms with Gasteiger partial charge in [-0.3, -0.25) is 29.2 Å². The number of aryl methyl sites for hydroxylation is 4. The number of halogens is 6. The Morgan fingerprint density at radius 2 is 0.840 bits per heavy atom. The van der Waals surface area contributed by atoms with Crippen molar-refractivity contribution in [3.8, 4) is 0 Å². The Labute approximate surface area is 475 Å². The monoisotopic (exact) mass is 1140 g/mol. The molecular formula is C60H86F6N10O5. The molecule has 4 aromatic rings. The van der Waals surface area contributed by atoms with E-state index in [4.69, 9.17) is 14.6 Å². The van der Waals surface area contributed by atoms with Crippen molar-refractivity contribution in [2.75, 3.05) is 92.9 Å². The number of hydrogen-bond acceptors (Lipinski definition) is 13. The molecule has 4 fully saturated rings. The number of carbonyl (C=O) groups excluding carboxylic acids is 2. The van der Waals surface area contributed by atoms with E-state index in [0.717, 1.165) is 100 Å². The molecule has 0 bridgehead atoms. The van der Waals surface area contributed by atoms with Gasteiger partial charge in [0.1, 0.15) is 12.7 Å². The summed E-state index contributed by atoms with van der Waals surface area (Å²) in [5, 5.41) is 8.52. The summed E-state index contributed by atoms with van der Waals surface area (Å²) in [5.41, 5.74) is 3.85. The molecule has 2 aromatic heterocycles. The maximum atomic E-state index is 13.2. The molecule has 0 unspecified atom stereocenters. The number of ether oxygens (including phenoxy) is 2. The van der Waals surface area contributed by atoms with Crippen molar-refractivity contribution in [1.82, 2.24) is 49.3 Å². The molecule has 2 aromatic carbocycles. The van der Waals surface area contributed by atoms with Crippen molar-refractivity contribution in [2.45, 2.75) is 155 Å². The molecular weight excluding hydrogens is 1050 g/mol. The van der Waals surface area contributed by atoms with Crippen molar-refractivity contribution in [1.29, 1.82) is 0 Å². The molecule has 4 saturated heterocycles. The van der Waals surface area contributed by atoms with Gasteiger partial charge in [0.05, 0.1) is 75.9 Å². The van der Waals surface area contributed by atoms with Crippen molar-refractivity contribution < 1.29 is 50.5 Å². The molecule has 0 saturated carbocycles. The van der Waals surface area contributed by atoms with Gasteiger partial charge < -0.3 is 24.4 Å². The summed E-state index contributed by atoms with van der Waals surface area (Å²) in [7, 11) is 3.25. The Hall–Kier alpha value is -5.16. The van der Waals surface area contributed by atoms with E-state index in [1.165, 1.54) is 12.7 Å². The van der Waals surface area contributed by atoms with Crippen molar-refractivity contribution in [2.24, 2.45) is 0 Å². The molecule has 0 radical (unpaired) electrons. The summed E-state index contributed by atoms with van der Waals surface area (Å²) in [5.74, 6) is -0.000396. The molecule has 1 N–H and O–H groups in total. The van der Waals surface area contributed by atoms with Crippen LogP contribution in [0.3, 0.4) is 0 Å². The Morgan fingerprint density at radius 1 is 0.556 bits per heavy atom. The predicted octanol–water partition coefficient (Wildman–Crippen LogP) is 9.78. The summed E-state index contributed by atoms with van der Waals surface area (Å²) in [6, 6.07) is 11.0. The average Bonchev–Trinajstić information content (AvgIpc) is 3.47. The highest BCUT2D eigenvalue weighted by Gasteiger charge is 2.44. The van der Waals surface area contributed by atoms with Crippen LogP contribution in [0.2, 0.25) is 0 Å². The molecule has 448 valence electrons. The van der Waals surface area contributed by atoms with Crippen LogP contribution in [-0.4, -0.2) is 188 Å². The second-order valence-corrected chi connectivity index (χ2v) is 23.8. The van der Waals surface area contributed by atoms with Gasteiger partial charge in [0, 0.05) is 103 Å². The van der Waals surface area contributed by atoms with Crippen LogP contribution in [0, 0.1) is 27.7 Å². The number of hydrogen-bond donors (Lipinski definition) is 1. The average molecular weight is 1140 g/mol. The van der Waals surface area contributed by atoms with Gasteiger partial charge in [-0.2, -0.15) is 26.3 Å². The molecule has 21 heteroatoms. The van der Waals surface area contributed by atoms with E-state index < -0.39 is 29.1 Å². The summed E-state index contributed by atoms with van der Waals surface area (Å²) in [6.45, 7) is 30.0. The minimum Gasteiger partial charge on any atom is -0.391 e. The van der Waals surface area contributed by atoms with E-state index in [-0.39, 0.29) is 47.1 Å². The molecule has 81 heavy (non-hydrogen) atoms. The van der Waals surface area contributed by atoms with Crippen LogP contribution in [0.1, 0.15) is 152 Å². The number of amides is 2. The number of methoxy groups -OCH3 is 2. The van der Waals surface area contributed by atoms with E-state index in [1.54, 1.807) is 59.3 Å². The quantitative estimate of drug-likeness (QED) is 0.135. The summed E-state index contributed by atoms with van der Waals surface area (Å²) < 4.78 is 89.3. The molecule has 2 amide bonds. The van der Waals surface area contributed by atoms with Crippen LogP contribution < -0.4 is 0 Å². The molecule has 4 aliphatic rings. The molecule has 4 atom stereocenters. The van der Waals surface area contributed by atoms with E-state index in [1.807, 2.05) is 37.5 Å². The summed E-state index contributed by atoms with van der Waals surface area (Å²) >= 11 is 0. The second kappa shape index (κ2) is 27.0. The van der Waals surface area contributed by atoms with Crippen LogP contribution in [0.4, 0.5) is 26.3 Å². The fraction of sp³-hybridized carbons (Fsp3) is 0.633. The standard InChI is InChI=1S/2C28H38F3N5O2.C4H10O/c2*1-19-16-35(14-15-36(19)24(17-38-5)22-6-8-23(9-7-22)28(29,30)31)27(4)10-12-34(13-11-27)26(37)25-20(2)32-18-33-21(25)3;1-4(2,3)5/h2*6-9,18-19,24H,10-17H2,1-5H3;5H,1-3H3/t2*19-,24-;/m00./s1. The van der Waals surface area contributed by atoms with Gasteiger partial charge >= 0.3 is 12.4 Å². The van der Waals surface area contributed by atoms with Crippen molar-refractivity contribution in [3.05, 3.63) is 117 Å². The van der Waals surface area contributed by atoms with Gasteiger partial charge in [-0.25, -0.2) is 19.9 Å². The predicted molar refractivity (Wildman–Crippen MR) is 300 cm³/mol. The van der Waals surface area contributed by atoms with Crippen LogP contribution >= 0.6 is 0 Å². The minimum atomic E-state index is -4.35. The van der Waals surface area contributed by atoms with E-state index >= 15 is 0 Å². The van der Waals surface area contributed by atoms with E-state index in [9.17, 15) is 35.9 Å². The first kappa shape index (κ1) is 65.0. The highest BCUT2D eigenvalue weighted by Crippen LogP contribution is 2.38. The molecule has 0 aliphatic carbocycles. The maximum absolute atomic E-state index is 13.2. The van der Waals surface area contributed by atoms with E-state index in [0.29, 0.717) is 73.3 Å². The number of carbonyl (C=O) groups is 2. The zero-order chi connectivity index (χ0) is 59.8. The maximum Gasteiger partial charge on any atom is 0.416 e. The Morgan fingerprint density at radius 3 is 1.09 bits per heavy atom. The first-order valence-electron chi connectivity index (χ1n) is 28.1. The second-order valence-electron chi connectivity index (χ2n) is 23.8. The number of rotatable bonds is 12. The Bertz CT molecular complexity index is 2470. The molecule has 15 nitrogen and oxygen atoms in total. The van der Waals surface area contributed by atoms with Gasteiger partial charge in [-0.1, -0.05) is 24.3 Å². The number of piperazine rings is 2. The van der Waals surface area contributed by atoms with Gasteiger partial charge in [0.2, 0.25) is 0 Å². The smallest absolute Gasteiger partial charge is 0.391 e. The highest BCUT2D eigenvalue weighted by atomic mass is 19.4. The summed E-state index contributed by atoms with van der Waals surface area (Å²) in [4.78, 5) is 56.8. The fourth-order valence-corrected chi connectivity index (χ4v) is 11.9. The molecule has 4 aliphatic heterocycles. The number of alkyl halides is 6. The fourth-order valence-electron chi connectivity index (χ4n) is 11.9. The van der Waals surface area contributed by atoms with Crippen LogP contribution in [0.5, 0.6) is 0 Å². The van der Waals surface area contributed by atoms with Crippen LogP contribution in [0.15, 0.2) is 61.2 Å². The molecule has 6 heterocycles. The number of benzene rings is 2. The topological polar surface area (TPSA) is 144 Å². The lowest BCUT2D eigenvalue weighted by molar-refractivity contribution is -0.138. The van der Waals surface area contributed by atoms with Gasteiger partial charge in [-0.05, 0) is 137 Å². The lowest BCUT2D eigenvalue weighted by atomic mass is 9.86. The van der Waals surface area contributed by atoms with Gasteiger partial charge in [0.15, 0.2) is 0 Å². The minimum absolute atomic E-state index is 0.000198. The Kier molecular flexibility index (Phi) is 21.7. The third kappa shape index (κ3) is 16.6. The molecule has 0 spiro atoms. The number of piperidine rings is 2. The van der Waals surface area contributed by atoms with Crippen molar-refractivity contribution >= 4 is 11.8 Å². The zero-order valence-corrected chi connectivity index (χ0v) is 49.7. The van der Waals surface area contributed by atoms with E-state index in [2.05, 4.69) is 67.2 Å². The zero-order valence-electron chi connectivity index (χ0n) is 49.7. The number of likely N-dealkylation sites (tertiary alicyclic amines) is 2. The molecule has 8 rings (SSSR count). The van der Waals surface area contributed by atoms with Gasteiger partial charge in [0.25, 0.3) is 11.8 Å². The van der Waals surface area contributed by atoms with Crippen LogP contribution in [-0.2, 0) is 21.8 Å². The lowest BCUT2D eigenvalue weighted by Gasteiger charge is -2.52. The Balaban J connectivity index is 0.000000241. The van der Waals surface area contributed by atoms with Crippen molar-refractivity contribution in [3.63, 3.8) is 0 Å². The normalized spacial score (nSPS) is 21.3. The first-order valence-corrected chi connectivity index (χ1v) is 28.1. The van der Waals surface area contributed by atoms with Gasteiger partial charge in [-0.15, -0.1) is 0 Å². The largest absolute Gasteiger partial charge is 0.416 e. The highest BCUT2D eigenvalue weighted by molar-refractivity contribution is 5.96. The summed E-state index contributed by atoms with van der Waals surface area (Å²) in [6.07, 6.45) is -2.23. The third-order valence-electron chi connectivity index (χ3n) is 16.7. The first-order chi connectivity index (χ1) is 37.9. The number of nitrogens with zero attached hydrogens (tertiary/aromatic N) is 10. The number of aromatic nitrogens is 4.